The van der Waals surface area contributed by atoms with Crippen molar-refractivity contribution in [1.29, 1.82) is 0 Å². The SMILES string of the molecule is COCCCN1CC2(CC2)CNCC1(C)C. The molecule has 1 aliphatic carbocycles. The van der Waals surface area contributed by atoms with E-state index in [1.165, 1.54) is 32.5 Å². The number of nitrogens with zero attached hydrogens (tertiary/aromatic N) is 1. The molecule has 0 aromatic rings. The molecular formula is C13H26N2O. The summed E-state index contributed by atoms with van der Waals surface area (Å²) in [5.41, 5.74) is 0.903. The predicted molar refractivity (Wildman–Crippen MR) is 66.7 cm³/mol. The number of hydrogen-bond acceptors (Lipinski definition) is 3. The molecule has 1 aliphatic heterocycles. The van der Waals surface area contributed by atoms with E-state index in [2.05, 4.69) is 24.1 Å². The number of methoxy groups -OCH3 is 1. The Hall–Kier alpha value is -0.120. The Labute approximate surface area is 99.5 Å². The lowest BCUT2D eigenvalue weighted by Crippen LogP contribution is -2.49. The summed E-state index contributed by atoms with van der Waals surface area (Å²) in [6.07, 6.45) is 3.98. The molecule has 2 rings (SSSR count). The van der Waals surface area contributed by atoms with Crippen LogP contribution in [0.2, 0.25) is 0 Å². The molecule has 0 bridgehead atoms. The fourth-order valence-electron chi connectivity index (χ4n) is 2.71. The van der Waals surface area contributed by atoms with E-state index in [9.17, 15) is 0 Å². The van der Waals surface area contributed by atoms with Crippen LogP contribution in [0.1, 0.15) is 33.1 Å². The fourth-order valence-corrected chi connectivity index (χ4v) is 2.71. The van der Waals surface area contributed by atoms with E-state index < -0.39 is 0 Å². The molecule has 1 saturated heterocycles. The second kappa shape index (κ2) is 4.63. The van der Waals surface area contributed by atoms with E-state index in [1.54, 1.807) is 7.11 Å². The monoisotopic (exact) mass is 226 g/mol. The highest BCUT2D eigenvalue weighted by Gasteiger charge is 2.47. The van der Waals surface area contributed by atoms with Crippen molar-refractivity contribution in [2.24, 2.45) is 5.41 Å². The molecule has 0 aromatic heterocycles. The molecule has 2 fully saturated rings. The summed E-state index contributed by atoms with van der Waals surface area (Å²) in [4.78, 5) is 2.67. The van der Waals surface area contributed by atoms with Crippen LogP contribution in [0.3, 0.4) is 0 Å². The summed E-state index contributed by atoms with van der Waals surface area (Å²) >= 11 is 0. The maximum absolute atomic E-state index is 5.16. The van der Waals surface area contributed by atoms with Crippen LogP contribution >= 0.6 is 0 Å². The van der Waals surface area contributed by atoms with E-state index in [1.807, 2.05) is 0 Å². The van der Waals surface area contributed by atoms with E-state index in [0.29, 0.717) is 11.0 Å². The van der Waals surface area contributed by atoms with Crippen molar-refractivity contribution in [2.75, 3.05) is 39.9 Å². The van der Waals surface area contributed by atoms with Gasteiger partial charge in [-0.2, -0.15) is 0 Å². The second-order valence-electron chi connectivity index (χ2n) is 6.18. The first-order valence-corrected chi connectivity index (χ1v) is 6.53. The van der Waals surface area contributed by atoms with Crippen molar-refractivity contribution in [3.05, 3.63) is 0 Å². The highest BCUT2D eigenvalue weighted by atomic mass is 16.5. The Morgan fingerprint density at radius 3 is 2.62 bits per heavy atom. The van der Waals surface area contributed by atoms with Crippen molar-refractivity contribution in [2.45, 2.75) is 38.6 Å². The van der Waals surface area contributed by atoms with Crippen molar-refractivity contribution in [1.82, 2.24) is 10.2 Å². The first kappa shape index (κ1) is 12.3. The van der Waals surface area contributed by atoms with Crippen molar-refractivity contribution in [3.8, 4) is 0 Å². The van der Waals surface area contributed by atoms with Gasteiger partial charge >= 0.3 is 0 Å². The normalized spacial score (nSPS) is 27.9. The number of rotatable bonds is 4. The van der Waals surface area contributed by atoms with Crippen LogP contribution in [0, 0.1) is 5.41 Å². The summed E-state index contributed by atoms with van der Waals surface area (Å²) in [6, 6.07) is 0. The van der Waals surface area contributed by atoms with Crippen LogP contribution in [0.5, 0.6) is 0 Å². The first-order valence-electron chi connectivity index (χ1n) is 6.53. The van der Waals surface area contributed by atoms with Gasteiger partial charge in [-0.15, -0.1) is 0 Å². The van der Waals surface area contributed by atoms with Gasteiger partial charge in [0.25, 0.3) is 0 Å². The molecule has 0 radical (unpaired) electrons. The summed E-state index contributed by atoms with van der Waals surface area (Å²) < 4.78 is 5.16. The molecule has 3 heteroatoms. The second-order valence-corrected chi connectivity index (χ2v) is 6.18. The van der Waals surface area contributed by atoms with Crippen LogP contribution in [-0.4, -0.2) is 50.3 Å². The highest BCUT2D eigenvalue weighted by Crippen LogP contribution is 2.47. The molecule has 2 aliphatic rings. The van der Waals surface area contributed by atoms with Gasteiger partial charge in [-0.25, -0.2) is 0 Å². The Kier molecular flexibility index (Phi) is 3.57. The third kappa shape index (κ3) is 2.76. The predicted octanol–water partition coefficient (Wildman–Crippen LogP) is 1.49. The molecule has 1 N–H and O–H groups in total. The lowest BCUT2D eigenvalue weighted by Gasteiger charge is -2.38. The first-order chi connectivity index (χ1) is 7.58. The van der Waals surface area contributed by atoms with Crippen LogP contribution in [0.25, 0.3) is 0 Å². The Bertz CT molecular complexity index is 236. The Balaban J connectivity index is 1.93. The molecule has 1 heterocycles. The van der Waals surface area contributed by atoms with E-state index in [-0.39, 0.29) is 0 Å². The largest absolute Gasteiger partial charge is 0.385 e. The van der Waals surface area contributed by atoms with Gasteiger partial charge in [0.1, 0.15) is 0 Å². The third-order valence-electron chi connectivity index (χ3n) is 4.17. The van der Waals surface area contributed by atoms with Crippen molar-refractivity contribution >= 4 is 0 Å². The minimum absolute atomic E-state index is 0.291. The average Bonchev–Trinajstić information content (AvgIpc) is 2.97. The summed E-state index contributed by atoms with van der Waals surface area (Å²) in [7, 11) is 1.79. The molecular weight excluding hydrogens is 200 g/mol. The van der Waals surface area contributed by atoms with Crippen molar-refractivity contribution in [3.63, 3.8) is 0 Å². The van der Waals surface area contributed by atoms with Gasteiger partial charge in [-0.05, 0) is 38.5 Å². The number of nitrogens with one attached hydrogen (secondary N) is 1. The van der Waals surface area contributed by atoms with Crippen LogP contribution < -0.4 is 5.32 Å². The zero-order valence-electron chi connectivity index (χ0n) is 11.0. The number of ether oxygens (including phenoxy) is 1. The van der Waals surface area contributed by atoms with Gasteiger partial charge in [0, 0.05) is 45.4 Å². The van der Waals surface area contributed by atoms with Crippen molar-refractivity contribution < 1.29 is 4.74 Å². The molecule has 1 saturated carbocycles. The lowest BCUT2D eigenvalue weighted by atomic mass is 10.0. The maximum Gasteiger partial charge on any atom is 0.0474 e. The van der Waals surface area contributed by atoms with Crippen LogP contribution in [0.15, 0.2) is 0 Å². The summed E-state index contributed by atoms with van der Waals surface area (Å²) in [5, 5.41) is 3.64. The molecule has 16 heavy (non-hydrogen) atoms. The summed E-state index contributed by atoms with van der Waals surface area (Å²) in [5.74, 6) is 0. The maximum atomic E-state index is 5.16. The van der Waals surface area contributed by atoms with Crippen LogP contribution in [-0.2, 0) is 4.74 Å². The molecule has 3 nitrogen and oxygen atoms in total. The molecule has 94 valence electrons. The zero-order chi connectivity index (χ0) is 11.6. The molecule has 0 atom stereocenters. The van der Waals surface area contributed by atoms with E-state index >= 15 is 0 Å². The smallest absolute Gasteiger partial charge is 0.0474 e. The molecule has 1 spiro atoms. The lowest BCUT2D eigenvalue weighted by molar-refractivity contribution is 0.0972. The van der Waals surface area contributed by atoms with Gasteiger partial charge in [0.05, 0.1) is 0 Å². The average molecular weight is 226 g/mol. The van der Waals surface area contributed by atoms with Gasteiger partial charge in [-0.3, -0.25) is 4.90 Å². The van der Waals surface area contributed by atoms with E-state index in [0.717, 1.165) is 19.6 Å². The minimum atomic E-state index is 0.291. The van der Waals surface area contributed by atoms with E-state index in [4.69, 9.17) is 4.74 Å². The zero-order valence-corrected chi connectivity index (χ0v) is 11.0. The minimum Gasteiger partial charge on any atom is -0.385 e. The van der Waals surface area contributed by atoms with Gasteiger partial charge < -0.3 is 10.1 Å². The van der Waals surface area contributed by atoms with Crippen LogP contribution in [0.4, 0.5) is 0 Å². The highest BCUT2D eigenvalue weighted by molar-refractivity contribution is 5.02. The van der Waals surface area contributed by atoms with Gasteiger partial charge in [0.2, 0.25) is 0 Å². The number of hydrogen-bond donors (Lipinski definition) is 1. The molecule has 0 unspecified atom stereocenters. The molecule has 0 aromatic carbocycles. The Morgan fingerprint density at radius 1 is 1.25 bits per heavy atom. The van der Waals surface area contributed by atoms with Gasteiger partial charge in [-0.1, -0.05) is 0 Å². The Morgan fingerprint density at radius 2 is 2.00 bits per heavy atom. The molecule has 0 amide bonds. The topological polar surface area (TPSA) is 24.5 Å². The fraction of sp³-hybridized carbons (Fsp3) is 1.00. The quantitative estimate of drug-likeness (QED) is 0.735. The van der Waals surface area contributed by atoms with Gasteiger partial charge in [0.15, 0.2) is 0 Å². The summed E-state index contributed by atoms with van der Waals surface area (Å²) in [6.45, 7) is 10.4. The third-order valence-corrected chi connectivity index (χ3v) is 4.17. The standard InChI is InChI=1S/C13H26N2O/c1-12(2)9-14-10-13(5-6-13)11-15(12)7-4-8-16-3/h14H,4-11H2,1-3H3.